The number of furan rings is 1. The maximum absolute atomic E-state index is 12.1. The van der Waals surface area contributed by atoms with Crippen LogP contribution in [0.2, 0.25) is 0 Å². The minimum absolute atomic E-state index is 0.00396. The predicted molar refractivity (Wildman–Crippen MR) is 89.6 cm³/mol. The summed E-state index contributed by atoms with van der Waals surface area (Å²) in [5, 5.41) is 2.90. The van der Waals surface area contributed by atoms with Gasteiger partial charge in [0.05, 0.1) is 12.3 Å². The SMILES string of the molecule is Cc1cccc(C)c1OCC(=O)NCC(c1ccco1)N(C)C. The number of likely N-dealkylation sites (N-methyl/N-ethyl adjacent to an activating group) is 1. The monoisotopic (exact) mass is 316 g/mol. The van der Waals surface area contributed by atoms with Crippen LogP contribution in [0.1, 0.15) is 22.9 Å². The molecule has 0 aliphatic heterocycles. The molecule has 1 unspecified atom stereocenters. The first-order chi connectivity index (χ1) is 11.0. The van der Waals surface area contributed by atoms with Crippen molar-refractivity contribution in [2.75, 3.05) is 27.2 Å². The van der Waals surface area contributed by atoms with Crippen LogP contribution in [0.3, 0.4) is 0 Å². The van der Waals surface area contributed by atoms with Crippen molar-refractivity contribution in [1.29, 1.82) is 0 Å². The van der Waals surface area contributed by atoms with Crippen LogP contribution in [0.5, 0.6) is 5.75 Å². The van der Waals surface area contributed by atoms with Crippen LogP contribution < -0.4 is 10.1 Å². The van der Waals surface area contributed by atoms with Crippen molar-refractivity contribution >= 4 is 5.91 Å². The van der Waals surface area contributed by atoms with Crippen LogP contribution >= 0.6 is 0 Å². The molecule has 124 valence electrons. The average Bonchev–Trinajstić information content (AvgIpc) is 3.00. The van der Waals surface area contributed by atoms with Gasteiger partial charge in [0.25, 0.3) is 5.91 Å². The van der Waals surface area contributed by atoms with E-state index in [1.54, 1.807) is 6.26 Å². The van der Waals surface area contributed by atoms with Crippen LogP contribution in [0.15, 0.2) is 41.0 Å². The Morgan fingerprint density at radius 1 is 1.22 bits per heavy atom. The number of nitrogens with zero attached hydrogens (tertiary/aromatic N) is 1. The van der Waals surface area contributed by atoms with E-state index in [0.717, 1.165) is 22.6 Å². The molecule has 0 spiro atoms. The molecule has 0 saturated carbocycles. The summed E-state index contributed by atoms with van der Waals surface area (Å²) in [6.07, 6.45) is 1.64. The number of para-hydroxylation sites is 1. The van der Waals surface area contributed by atoms with Crippen molar-refractivity contribution in [3.63, 3.8) is 0 Å². The lowest BCUT2D eigenvalue weighted by molar-refractivity contribution is -0.123. The Hall–Kier alpha value is -2.27. The predicted octanol–water partition coefficient (Wildman–Crippen LogP) is 2.69. The van der Waals surface area contributed by atoms with Crippen LogP contribution in [0.4, 0.5) is 0 Å². The highest BCUT2D eigenvalue weighted by atomic mass is 16.5. The minimum atomic E-state index is -0.147. The number of carbonyl (C=O) groups excluding carboxylic acids is 1. The molecule has 5 nitrogen and oxygen atoms in total. The standard InChI is InChI=1S/C18H24N2O3/c1-13-7-5-8-14(2)18(13)23-12-17(21)19-11-15(20(3)4)16-9-6-10-22-16/h5-10,15H,11-12H2,1-4H3,(H,19,21). The maximum atomic E-state index is 12.1. The number of ether oxygens (including phenoxy) is 1. The summed E-state index contributed by atoms with van der Waals surface area (Å²) in [5.74, 6) is 1.45. The summed E-state index contributed by atoms with van der Waals surface area (Å²) in [6, 6.07) is 9.66. The van der Waals surface area contributed by atoms with Gasteiger partial charge in [0.15, 0.2) is 6.61 Å². The van der Waals surface area contributed by atoms with E-state index in [-0.39, 0.29) is 18.6 Å². The van der Waals surface area contributed by atoms with Gasteiger partial charge >= 0.3 is 0 Å². The van der Waals surface area contributed by atoms with E-state index in [2.05, 4.69) is 5.32 Å². The Balaban J connectivity index is 1.87. The molecule has 0 radical (unpaired) electrons. The lowest BCUT2D eigenvalue weighted by Gasteiger charge is -2.22. The molecule has 0 aliphatic rings. The Labute approximate surface area is 137 Å². The van der Waals surface area contributed by atoms with Gasteiger partial charge in [-0.2, -0.15) is 0 Å². The van der Waals surface area contributed by atoms with Gasteiger partial charge in [-0.1, -0.05) is 18.2 Å². The Kier molecular flexibility index (Phi) is 5.82. The topological polar surface area (TPSA) is 54.7 Å². The number of rotatable bonds is 7. The Morgan fingerprint density at radius 3 is 2.48 bits per heavy atom. The first kappa shape index (κ1) is 17.1. The molecule has 1 heterocycles. The first-order valence-electron chi connectivity index (χ1n) is 7.64. The molecule has 0 saturated heterocycles. The van der Waals surface area contributed by atoms with Crippen molar-refractivity contribution in [3.05, 3.63) is 53.5 Å². The van der Waals surface area contributed by atoms with Crippen LogP contribution in [0.25, 0.3) is 0 Å². The molecule has 1 atom stereocenters. The van der Waals surface area contributed by atoms with Gasteiger partial charge in [-0.15, -0.1) is 0 Å². The summed E-state index contributed by atoms with van der Waals surface area (Å²) < 4.78 is 11.1. The normalized spacial score (nSPS) is 12.2. The quantitative estimate of drug-likeness (QED) is 0.853. The van der Waals surface area contributed by atoms with E-state index in [1.807, 2.05) is 63.2 Å². The molecule has 0 fully saturated rings. The van der Waals surface area contributed by atoms with Crippen LogP contribution in [-0.2, 0) is 4.79 Å². The molecule has 2 aromatic rings. The van der Waals surface area contributed by atoms with E-state index in [1.165, 1.54) is 0 Å². The Morgan fingerprint density at radius 2 is 1.91 bits per heavy atom. The molecule has 1 N–H and O–H groups in total. The molecule has 0 aliphatic carbocycles. The summed E-state index contributed by atoms with van der Waals surface area (Å²) in [4.78, 5) is 14.1. The fourth-order valence-electron chi connectivity index (χ4n) is 2.44. The second-order valence-corrected chi connectivity index (χ2v) is 5.81. The molecule has 1 aromatic carbocycles. The largest absolute Gasteiger partial charge is 0.483 e. The molecule has 0 bridgehead atoms. The van der Waals surface area contributed by atoms with E-state index in [0.29, 0.717) is 6.54 Å². The summed E-state index contributed by atoms with van der Waals surface area (Å²) in [5.41, 5.74) is 2.05. The van der Waals surface area contributed by atoms with Gasteiger partial charge in [-0.05, 0) is 51.2 Å². The third-order valence-electron chi connectivity index (χ3n) is 3.74. The zero-order valence-corrected chi connectivity index (χ0v) is 14.1. The van der Waals surface area contributed by atoms with Crippen molar-refractivity contribution in [2.45, 2.75) is 19.9 Å². The third kappa shape index (κ3) is 4.60. The molecule has 2 rings (SSSR count). The zero-order chi connectivity index (χ0) is 16.8. The number of benzene rings is 1. The van der Waals surface area contributed by atoms with Gasteiger partial charge in [0, 0.05) is 6.54 Å². The molecule has 1 aromatic heterocycles. The number of hydrogen-bond donors (Lipinski definition) is 1. The number of aryl methyl sites for hydroxylation is 2. The summed E-state index contributed by atoms with van der Waals surface area (Å²) in [7, 11) is 3.90. The van der Waals surface area contributed by atoms with E-state index in [9.17, 15) is 4.79 Å². The third-order valence-corrected chi connectivity index (χ3v) is 3.74. The number of hydrogen-bond acceptors (Lipinski definition) is 4. The maximum Gasteiger partial charge on any atom is 0.258 e. The van der Waals surface area contributed by atoms with Crippen molar-refractivity contribution < 1.29 is 13.9 Å². The second-order valence-electron chi connectivity index (χ2n) is 5.81. The fraction of sp³-hybridized carbons (Fsp3) is 0.389. The van der Waals surface area contributed by atoms with Gasteiger partial charge in [-0.3, -0.25) is 9.69 Å². The van der Waals surface area contributed by atoms with E-state index in [4.69, 9.17) is 9.15 Å². The van der Waals surface area contributed by atoms with Gasteiger partial charge < -0.3 is 14.5 Å². The van der Waals surface area contributed by atoms with Crippen LogP contribution in [0, 0.1) is 13.8 Å². The van der Waals surface area contributed by atoms with E-state index < -0.39 is 0 Å². The van der Waals surface area contributed by atoms with Crippen molar-refractivity contribution in [2.24, 2.45) is 0 Å². The first-order valence-corrected chi connectivity index (χ1v) is 7.64. The highest BCUT2D eigenvalue weighted by Gasteiger charge is 2.18. The van der Waals surface area contributed by atoms with Gasteiger partial charge in [0.1, 0.15) is 11.5 Å². The number of carbonyl (C=O) groups is 1. The highest BCUT2D eigenvalue weighted by Crippen LogP contribution is 2.22. The highest BCUT2D eigenvalue weighted by molar-refractivity contribution is 5.77. The van der Waals surface area contributed by atoms with E-state index >= 15 is 0 Å². The summed E-state index contributed by atoms with van der Waals surface area (Å²) in [6.45, 7) is 4.41. The van der Waals surface area contributed by atoms with Gasteiger partial charge in [0.2, 0.25) is 0 Å². The molecular formula is C18H24N2O3. The Bertz CT molecular complexity index is 615. The molecule has 1 amide bonds. The lowest BCUT2D eigenvalue weighted by Crippen LogP contribution is -2.36. The number of amides is 1. The molecule has 5 heteroatoms. The lowest BCUT2D eigenvalue weighted by atomic mass is 10.1. The fourth-order valence-corrected chi connectivity index (χ4v) is 2.44. The van der Waals surface area contributed by atoms with Crippen molar-refractivity contribution in [3.8, 4) is 5.75 Å². The molecular weight excluding hydrogens is 292 g/mol. The molecule has 23 heavy (non-hydrogen) atoms. The smallest absolute Gasteiger partial charge is 0.258 e. The zero-order valence-electron chi connectivity index (χ0n) is 14.1. The second kappa shape index (κ2) is 7.83. The van der Waals surface area contributed by atoms with Gasteiger partial charge in [-0.25, -0.2) is 0 Å². The summed E-state index contributed by atoms with van der Waals surface area (Å²) >= 11 is 0. The van der Waals surface area contributed by atoms with Crippen LogP contribution in [-0.4, -0.2) is 38.1 Å². The minimum Gasteiger partial charge on any atom is -0.483 e. The average molecular weight is 316 g/mol. The number of nitrogens with one attached hydrogen (secondary N) is 1. The van der Waals surface area contributed by atoms with Crippen molar-refractivity contribution in [1.82, 2.24) is 10.2 Å².